The van der Waals surface area contributed by atoms with Crippen LogP contribution in [0.4, 0.5) is 0 Å². The average molecular weight is 170 g/mol. The van der Waals surface area contributed by atoms with Crippen molar-refractivity contribution in [3.05, 3.63) is 29.0 Å². The van der Waals surface area contributed by atoms with Gasteiger partial charge in [0.05, 0.1) is 11.6 Å². The number of halogens is 1. The van der Waals surface area contributed by atoms with E-state index in [4.69, 9.17) is 11.6 Å². The van der Waals surface area contributed by atoms with Gasteiger partial charge >= 0.3 is 0 Å². The van der Waals surface area contributed by atoms with Crippen molar-refractivity contribution in [2.45, 2.75) is 12.8 Å². The number of aromatic nitrogens is 1. The quantitative estimate of drug-likeness (QED) is 0.635. The Hall–Kier alpha value is -0.890. The van der Waals surface area contributed by atoms with E-state index >= 15 is 0 Å². The number of rotatable bonds is 2. The van der Waals surface area contributed by atoms with Crippen molar-refractivity contribution in [3.63, 3.8) is 0 Å². The van der Waals surface area contributed by atoms with Crippen molar-refractivity contribution in [2.24, 2.45) is 0 Å². The highest BCUT2D eigenvalue weighted by Gasteiger charge is 2.04. The zero-order valence-electron chi connectivity index (χ0n) is 6.12. The van der Waals surface area contributed by atoms with E-state index in [1.54, 1.807) is 25.3 Å². The van der Waals surface area contributed by atoms with Crippen LogP contribution in [-0.2, 0) is 4.79 Å². The number of hydrogen-bond donors (Lipinski definition) is 0. The summed E-state index contributed by atoms with van der Waals surface area (Å²) < 4.78 is 0. The van der Waals surface area contributed by atoms with Crippen LogP contribution < -0.4 is 0 Å². The van der Waals surface area contributed by atoms with Gasteiger partial charge in [-0.1, -0.05) is 18.5 Å². The van der Waals surface area contributed by atoms with Crippen molar-refractivity contribution in [1.29, 1.82) is 0 Å². The highest BCUT2D eigenvalue weighted by atomic mass is 35.5. The van der Waals surface area contributed by atoms with E-state index in [-0.39, 0.29) is 5.92 Å². The fourth-order valence-electron chi connectivity index (χ4n) is 0.740. The lowest BCUT2D eigenvalue weighted by molar-refractivity contribution is -0.108. The van der Waals surface area contributed by atoms with E-state index in [9.17, 15) is 4.79 Å². The standard InChI is InChI=1S/C8H8ClNO/c1-6(5-11)8-4-7(9)2-3-10-8/h2-6H,1H3. The molecular weight excluding hydrogens is 162 g/mol. The first kappa shape index (κ1) is 8.21. The maximum atomic E-state index is 10.3. The Bertz CT molecular complexity index is 262. The van der Waals surface area contributed by atoms with E-state index in [1.807, 2.05) is 0 Å². The molecule has 1 unspecified atom stereocenters. The Morgan fingerprint density at radius 3 is 3.00 bits per heavy atom. The molecule has 0 aliphatic heterocycles. The normalized spacial score (nSPS) is 12.5. The molecule has 0 radical (unpaired) electrons. The number of carbonyl (C=O) groups is 1. The lowest BCUT2D eigenvalue weighted by Gasteiger charge is -2.01. The van der Waals surface area contributed by atoms with Crippen LogP contribution in [0.25, 0.3) is 0 Å². The SMILES string of the molecule is CC(C=O)c1cc(Cl)ccn1. The highest BCUT2D eigenvalue weighted by molar-refractivity contribution is 6.30. The van der Waals surface area contributed by atoms with Gasteiger partial charge in [-0.05, 0) is 12.1 Å². The van der Waals surface area contributed by atoms with Crippen molar-refractivity contribution in [1.82, 2.24) is 4.98 Å². The summed E-state index contributed by atoms with van der Waals surface area (Å²) in [5.41, 5.74) is 0.715. The fraction of sp³-hybridized carbons (Fsp3) is 0.250. The molecule has 0 bridgehead atoms. The maximum absolute atomic E-state index is 10.3. The third-order valence-corrected chi connectivity index (χ3v) is 1.65. The number of aldehydes is 1. The summed E-state index contributed by atoms with van der Waals surface area (Å²) in [7, 11) is 0. The second-order valence-corrected chi connectivity index (χ2v) is 2.76. The van der Waals surface area contributed by atoms with Crippen LogP contribution >= 0.6 is 11.6 Å². The maximum Gasteiger partial charge on any atom is 0.128 e. The summed E-state index contributed by atoms with van der Waals surface area (Å²) in [4.78, 5) is 14.3. The molecule has 1 aromatic heterocycles. The van der Waals surface area contributed by atoms with Gasteiger partial charge in [-0.3, -0.25) is 4.98 Å². The summed E-state index contributed by atoms with van der Waals surface area (Å²) in [6.45, 7) is 1.78. The minimum Gasteiger partial charge on any atom is -0.303 e. The molecule has 0 aliphatic rings. The number of hydrogen-bond acceptors (Lipinski definition) is 2. The summed E-state index contributed by atoms with van der Waals surface area (Å²) in [6.07, 6.45) is 2.44. The van der Waals surface area contributed by atoms with Crippen LogP contribution in [0.3, 0.4) is 0 Å². The molecule has 0 N–H and O–H groups in total. The fourth-order valence-corrected chi connectivity index (χ4v) is 0.908. The largest absolute Gasteiger partial charge is 0.303 e. The summed E-state index contributed by atoms with van der Waals surface area (Å²) >= 11 is 5.69. The summed E-state index contributed by atoms with van der Waals surface area (Å²) in [5.74, 6) is -0.173. The van der Waals surface area contributed by atoms with E-state index in [0.29, 0.717) is 10.7 Å². The Morgan fingerprint density at radius 1 is 1.73 bits per heavy atom. The predicted octanol–water partition coefficient (Wildman–Crippen LogP) is 2.04. The molecule has 0 spiro atoms. The molecule has 0 aromatic carbocycles. The Morgan fingerprint density at radius 2 is 2.45 bits per heavy atom. The van der Waals surface area contributed by atoms with E-state index in [1.165, 1.54) is 0 Å². The van der Waals surface area contributed by atoms with Gasteiger partial charge in [0.2, 0.25) is 0 Å². The van der Waals surface area contributed by atoms with Crippen molar-refractivity contribution in [2.75, 3.05) is 0 Å². The summed E-state index contributed by atoms with van der Waals surface area (Å²) in [5, 5.41) is 0.615. The predicted molar refractivity (Wildman–Crippen MR) is 43.7 cm³/mol. The molecule has 0 fully saturated rings. The zero-order chi connectivity index (χ0) is 8.27. The molecule has 58 valence electrons. The smallest absolute Gasteiger partial charge is 0.128 e. The molecule has 3 heteroatoms. The lowest BCUT2D eigenvalue weighted by Crippen LogP contribution is -1.96. The van der Waals surface area contributed by atoms with E-state index in [0.717, 1.165) is 6.29 Å². The van der Waals surface area contributed by atoms with Gasteiger partial charge in [0.1, 0.15) is 6.29 Å². The Balaban J connectivity index is 2.95. The topological polar surface area (TPSA) is 30.0 Å². The molecule has 0 saturated heterocycles. The van der Waals surface area contributed by atoms with Crippen LogP contribution in [0.5, 0.6) is 0 Å². The van der Waals surface area contributed by atoms with Gasteiger partial charge in [0.15, 0.2) is 0 Å². The molecule has 1 heterocycles. The van der Waals surface area contributed by atoms with Gasteiger partial charge in [0.25, 0.3) is 0 Å². The van der Waals surface area contributed by atoms with Crippen molar-refractivity contribution >= 4 is 17.9 Å². The molecule has 0 saturated carbocycles. The first-order valence-electron chi connectivity index (χ1n) is 3.31. The Kier molecular flexibility index (Phi) is 2.60. The Labute approximate surface area is 70.2 Å². The van der Waals surface area contributed by atoms with Crippen molar-refractivity contribution < 1.29 is 4.79 Å². The highest BCUT2D eigenvalue weighted by Crippen LogP contribution is 2.14. The van der Waals surface area contributed by atoms with Crippen LogP contribution in [0.1, 0.15) is 18.5 Å². The van der Waals surface area contributed by atoms with Gasteiger partial charge < -0.3 is 4.79 Å². The minimum atomic E-state index is -0.173. The zero-order valence-corrected chi connectivity index (χ0v) is 6.88. The monoisotopic (exact) mass is 169 g/mol. The van der Waals surface area contributed by atoms with E-state index < -0.39 is 0 Å². The third kappa shape index (κ3) is 2.02. The van der Waals surface area contributed by atoms with Crippen LogP contribution in [-0.4, -0.2) is 11.3 Å². The minimum absolute atomic E-state index is 0.173. The first-order valence-corrected chi connectivity index (χ1v) is 3.68. The lowest BCUT2D eigenvalue weighted by atomic mass is 10.1. The first-order chi connectivity index (χ1) is 5.24. The molecule has 0 amide bonds. The summed E-state index contributed by atoms with van der Waals surface area (Å²) in [6, 6.07) is 3.38. The van der Waals surface area contributed by atoms with Crippen LogP contribution in [0, 0.1) is 0 Å². The van der Waals surface area contributed by atoms with Gasteiger partial charge in [0, 0.05) is 11.2 Å². The molecule has 0 aliphatic carbocycles. The number of carbonyl (C=O) groups excluding carboxylic acids is 1. The molecular formula is C8H8ClNO. The van der Waals surface area contributed by atoms with Crippen LogP contribution in [0.15, 0.2) is 18.3 Å². The number of pyridine rings is 1. The molecule has 2 nitrogen and oxygen atoms in total. The second-order valence-electron chi connectivity index (χ2n) is 2.32. The molecule has 11 heavy (non-hydrogen) atoms. The van der Waals surface area contributed by atoms with Crippen LogP contribution in [0.2, 0.25) is 5.02 Å². The van der Waals surface area contributed by atoms with Crippen molar-refractivity contribution in [3.8, 4) is 0 Å². The number of nitrogens with zero attached hydrogens (tertiary/aromatic N) is 1. The van der Waals surface area contributed by atoms with Gasteiger partial charge in [-0.2, -0.15) is 0 Å². The molecule has 1 aromatic rings. The second kappa shape index (κ2) is 3.49. The molecule has 1 atom stereocenters. The molecule has 1 rings (SSSR count). The van der Waals surface area contributed by atoms with Gasteiger partial charge in [-0.15, -0.1) is 0 Å². The van der Waals surface area contributed by atoms with Gasteiger partial charge in [-0.25, -0.2) is 0 Å². The third-order valence-electron chi connectivity index (χ3n) is 1.41. The van der Waals surface area contributed by atoms with E-state index in [2.05, 4.69) is 4.98 Å². The average Bonchev–Trinajstić information content (AvgIpc) is 2.03.